The Balaban J connectivity index is 2.12. The lowest BCUT2D eigenvalue weighted by molar-refractivity contribution is 0.387. The molecule has 1 aliphatic heterocycles. The molecule has 1 aliphatic rings. The van der Waals surface area contributed by atoms with Crippen molar-refractivity contribution in [2.75, 3.05) is 6.54 Å². The maximum atomic E-state index is 3.86. The van der Waals surface area contributed by atoms with E-state index in [1.54, 1.807) is 0 Å². The van der Waals surface area contributed by atoms with Gasteiger partial charge in [0, 0.05) is 18.6 Å². The van der Waals surface area contributed by atoms with Crippen molar-refractivity contribution < 1.29 is 0 Å². The predicted octanol–water partition coefficient (Wildman–Crippen LogP) is 3.39. The molecular weight excluding hydrogens is 220 g/mol. The van der Waals surface area contributed by atoms with Gasteiger partial charge in [-0.3, -0.25) is 0 Å². The minimum Gasteiger partial charge on any atom is -0.313 e. The number of nitrogens with one attached hydrogen (secondary N) is 2. The predicted molar refractivity (Wildman–Crippen MR) is 77.6 cm³/mol. The first kappa shape index (κ1) is 13.6. The van der Waals surface area contributed by atoms with Gasteiger partial charge in [-0.1, -0.05) is 44.5 Å². The largest absolute Gasteiger partial charge is 0.313 e. The molecule has 0 amide bonds. The normalized spacial score (nSPS) is 21.1. The molecule has 0 aliphatic carbocycles. The lowest BCUT2D eigenvalue weighted by Crippen LogP contribution is -2.33. The van der Waals surface area contributed by atoms with Crippen LogP contribution in [0.1, 0.15) is 56.7 Å². The van der Waals surface area contributed by atoms with Crippen molar-refractivity contribution in [2.45, 2.75) is 58.2 Å². The lowest BCUT2D eigenvalue weighted by Gasteiger charge is -2.25. The number of rotatable bonds is 5. The summed E-state index contributed by atoms with van der Waals surface area (Å²) in [6.45, 7) is 6.68. The van der Waals surface area contributed by atoms with Crippen molar-refractivity contribution in [3.8, 4) is 0 Å². The third-order valence-electron chi connectivity index (χ3n) is 3.92. The maximum absolute atomic E-state index is 3.86. The van der Waals surface area contributed by atoms with E-state index in [4.69, 9.17) is 0 Å². The van der Waals surface area contributed by atoms with Crippen LogP contribution in [0, 0.1) is 0 Å². The Bertz CT molecular complexity index is 362. The van der Waals surface area contributed by atoms with E-state index in [2.05, 4.69) is 48.7 Å². The average molecular weight is 246 g/mol. The van der Waals surface area contributed by atoms with Crippen LogP contribution in [0.4, 0.5) is 0 Å². The minimum atomic E-state index is 0.521. The van der Waals surface area contributed by atoms with Gasteiger partial charge in [-0.25, -0.2) is 0 Å². The third kappa shape index (κ3) is 3.33. The summed E-state index contributed by atoms with van der Waals surface area (Å²) in [7, 11) is 0. The summed E-state index contributed by atoms with van der Waals surface area (Å²) in [4.78, 5) is 0. The summed E-state index contributed by atoms with van der Waals surface area (Å²) >= 11 is 0. The molecule has 2 atom stereocenters. The summed E-state index contributed by atoms with van der Waals surface area (Å²) in [5.74, 6) is 0. The lowest BCUT2D eigenvalue weighted by atomic mass is 9.97. The van der Waals surface area contributed by atoms with Gasteiger partial charge in [0.05, 0.1) is 0 Å². The highest BCUT2D eigenvalue weighted by molar-refractivity contribution is 5.31. The van der Waals surface area contributed by atoms with E-state index in [1.165, 1.54) is 36.8 Å². The Hall–Kier alpha value is -0.860. The molecule has 1 aromatic carbocycles. The molecule has 18 heavy (non-hydrogen) atoms. The van der Waals surface area contributed by atoms with Gasteiger partial charge in [0.2, 0.25) is 0 Å². The maximum Gasteiger partial charge on any atom is 0.0337 e. The van der Waals surface area contributed by atoms with Crippen molar-refractivity contribution in [1.29, 1.82) is 0 Å². The highest BCUT2D eigenvalue weighted by Gasteiger charge is 2.19. The molecule has 100 valence electrons. The second-order valence-corrected chi connectivity index (χ2v) is 5.28. The van der Waals surface area contributed by atoms with E-state index in [9.17, 15) is 0 Å². The second-order valence-electron chi connectivity index (χ2n) is 5.28. The zero-order valence-corrected chi connectivity index (χ0v) is 11.7. The molecule has 0 radical (unpaired) electrons. The fraction of sp³-hybridized carbons (Fsp3) is 0.625. The van der Waals surface area contributed by atoms with Crippen LogP contribution in [0.25, 0.3) is 0 Å². The number of benzene rings is 1. The smallest absolute Gasteiger partial charge is 0.0337 e. The first-order chi connectivity index (χ1) is 8.85. The van der Waals surface area contributed by atoms with Gasteiger partial charge in [0.15, 0.2) is 0 Å². The summed E-state index contributed by atoms with van der Waals surface area (Å²) in [6, 6.07) is 10.0. The van der Waals surface area contributed by atoms with E-state index in [0.717, 1.165) is 13.1 Å². The fourth-order valence-electron chi connectivity index (χ4n) is 2.87. The number of hydrogen-bond acceptors (Lipinski definition) is 2. The molecule has 2 rings (SSSR count). The molecule has 1 heterocycles. The van der Waals surface area contributed by atoms with Crippen LogP contribution in [0.3, 0.4) is 0 Å². The summed E-state index contributed by atoms with van der Waals surface area (Å²) < 4.78 is 0. The van der Waals surface area contributed by atoms with Crippen LogP contribution >= 0.6 is 0 Å². The highest BCUT2D eigenvalue weighted by atomic mass is 15.0. The molecule has 2 unspecified atom stereocenters. The standard InChI is InChI=1S/C16H26N2/c1-3-7-14(4-2)18-16-10-11-17-12-13-8-5-6-9-15(13)16/h5-6,8-9,14,16-18H,3-4,7,10-12H2,1-2H3. The Kier molecular flexibility index (Phi) is 5.21. The average Bonchev–Trinajstić information content (AvgIpc) is 2.61. The van der Waals surface area contributed by atoms with Crippen LogP contribution in [-0.4, -0.2) is 12.6 Å². The molecule has 2 N–H and O–H groups in total. The Morgan fingerprint density at radius 3 is 2.94 bits per heavy atom. The van der Waals surface area contributed by atoms with Gasteiger partial charge in [0.1, 0.15) is 0 Å². The van der Waals surface area contributed by atoms with Crippen LogP contribution in [0.15, 0.2) is 24.3 Å². The topological polar surface area (TPSA) is 24.1 Å². The number of fused-ring (bicyclic) bond motifs is 1. The van der Waals surface area contributed by atoms with Crippen LogP contribution in [0.2, 0.25) is 0 Å². The van der Waals surface area contributed by atoms with E-state index in [0.29, 0.717) is 12.1 Å². The molecule has 0 aromatic heterocycles. The van der Waals surface area contributed by atoms with Gasteiger partial charge >= 0.3 is 0 Å². The van der Waals surface area contributed by atoms with Gasteiger partial charge in [-0.15, -0.1) is 0 Å². The highest BCUT2D eigenvalue weighted by Crippen LogP contribution is 2.24. The molecule has 0 fully saturated rings. The van der Waals surface area contributed by atoms with E-state index < -0.39 is 0 Å². The Morgan fingerprint density at radius 1 is 1.33 bits per heavy atom. The summed E-state index contributed by atoms with van der Waals surface area (Å²) in [5, 5.41) is 7.38. The van der Waals surface area contributed by atoms with Gasteiger partial charge < -0.3 is 10.6 Å². The molecule has 0 spiro atoms. The van der Waals surface area contributed by atoms with E-state index in [1.807, 2.05) is 0 Å². The van der Waals surface area contributed by atoms with Crippen molar-refractivity contribution in [3.05, 3.63) is 35.4 Å². The molecule has 0 saturated heterocycles. The first-order valence-electron chi connectivity index (χ1n) is 7.39. The second kappa shape index (κ2) is 6.91. The van der Waals surface area contributed by atoms with Gasteiger partial charge in [-0.2, -0.15) is 0 Å². The molecule has 2 nitrogen and oxygen atoms in total. The molecule has 0 bridgehead atoms. The zero-order chi connectivity index (χ0) is 12.8. The van der Waals surface area contributed by atoms with Crippen molar-refractivity contribution in [1.82, 2.24) is 10.6 Å². The third-order valence-corrected chi connectivity index (χ3v) is 3.92. The minimum absolute atomic E-state index is 0.521. The summed E-state index contributed by atoms with van der Waals surface area (Å²) in [6.07, 6.45) is 4.96. The van der Waals surface area contributed by atoms with Crippen molar-refractivity contribution in [3.63, 3.8) is 0 Å². The van der Waals surface area contributed by atoms with Crippen molar-refractivity contribution >= 4 is 0 Å². The van der Waals surface area contributed by atoms with E-state index in [-0.39, 0.29) is 0 Å². The van der Waals surface area contributed by atoms with Crippen LogP contribution < -0.4 is 10.6 Å². The van der Waals surface area contributed by atoms with Gasteiger partial charge in [0.25, 0.3) is 0 Å². The van der Waals surface area contributed by atoms with Crippen molar-refractivity contribution in [2.24, 2.45) is 0 Å². The zero-order valence-electron chi connectivity index (χ0n) is 11.7. The Morgan fingerprint density at radius 2 is 2.17 bits per heavy atom. The Labute approximate surface area is 111 Å². The monoisotopic (exact) mass is 246 g/mol. The van der Waals surface area contributed by atoms with Gasteiger partial charge in [-0.05, 0) is 36.9 Å². The van der Waals surface area contributed by atoms with E-state index >= 15 is 0 Å². The molecular formula is C16H26N2. The summed E-state index contributed by atoms with van der Waals surface area (Å²) in [5.41, 5.74) is 2.95. The van der Waals surface area contributed by atoms with Crippen LogP contribution in [0.5, 0.6) is 0 Å². The molecule has 0 saturated carbocycles. The molecule has 1 aromatic rings. The quantitative estimate of drug-likeness (QED) is 0.832. The molecule has 2 heteroatoms. The fourth-order valence-corrected chi connectivity index (χ4v) is 2.87. The first-order valence-corrected chi connectivity index (χ1v) is 7.39. The number of hydrogen-bond donors (Lipinski definition) is 2. The SMILES string of the molecule is CCCC(CC)NC1CCNCc2ccccc21. The van der Waals surface area contributed by atoms with Crippen LogP contribution in [-0.2, 0) is 6.54 Å².